The summed E-state index contributed by atoms with van der Waals surface area (Å²) in [6.07, 6.45) is 1.75. The van der Waals surface area contributed by atoms with Crippen LogP contribution < -0.4 is 5.32 Å². The zero-order chi connectivity index (χ0) is 10.7. The van der Waals surface area contributed by atoms with Crippen LogP contribution in [0.5, 0.6) is 0 Å². The van der Waals surface area contributed by atoms with Gasteiger partial charge in [0.1, 0.15) is 0 Å². The van der Waals surface area contributed by atoms with Crippen LogP contribution in [0.25, 0.3) is 0 Å². The molecule has 1 N–H and O–H groups in total. The third-order valence-electron chi connectivity index (χ3n) is 2.79. The molecule has 0 spiro atoms. The SMILES string of the molecule is COC(=O)[C@H]1CNC[C@H]1c1ccccn1. The molecule has 2 atom stereocenters. The molecule has 1 aromatic heterocycles. The van der Waals surface area contributed by atoms with Gasteiger partial charge in [0.25, 0.3) is 0 Å². The molecule has 0 radical (unpaired) electrons. The van der Waals surface area contributed by atoms with Gasteiger partial charge in [-0.25, -0.2) is 0 Å². The number of rotatable bonds is 2. The largest absolute Gasteiger partial charge is 0.469 e. The number of nitrogens with zero attached hydrogens (tertiary/aromatic N) is 1. The molecule has 0 bridgehead atoms. The van der Waals surface area contributed by atoms with E-state index >= 15 is 0 Å². The van der Waals surface area contributed by atoms with E-state index in [1.54, 1.807) is 6.20 Å². The van der Waals surface area contributed by atoms with E-state index in [2.05, 4.69) is 10.3 Å². The van der Waals surface area contributed by atoms with Crippen molar-refractivity contribution in [2.24, 2.45) is 5.92 Å². The number of pyridine rings is 1. The molecule has 1 aromatic rings. The standard InChI is InChI=1S/C11H14N2O2/c1-15-11(14)9-7-12-6-8(9)10-4-2-3-5-13-10/h2-5,8-9,12H,6-7H2,1H3/t8-,9+/m1/s1. The summed E-state index contributed by atoms with van der Waals surface area (Å²) in [5, 5.41) is 3.20. The van der Waals surface area contributed by atoms with E-state index in [0.717, 1.165) is 12.2 Å². The predicted octanol–water partition coefficient (Wildman–Crippen LogP) is 0.558. The fourth-order valence-electron chi connectivity index (χ4n) is 1.98. The van der Waals surface area contributed by atoms with Crippen LogP contribution in [0, 0.1) is 5.92 Å². The van der Waals surface area contributed by atoms with E-state index in [0.29, 0.717) is 6.54 Å². The monoisotopic (exact) mass is 206 g/mol. The zero-order valence-corrected chi connectivity index (χ0v) is 8.64. The van der Waals surface area contributed by atoms with Crippen molar-refractivity contribution in [3.05, 3.63) is 30.1 Å². The van der Waals surface area contributed by atoms with Crippen LogP contribution in [0.1, 0.15) is 11.6 Å². The quantitative estimate of drug-likeness (QED) is 0.718. The zero-order valence-electron chi connectivity index (χ0n) is 8.64. The van der Waals surface area contributed by atoms with Crippen molar-refractivity contribution >= 4 is 5.97 Å². The first-order valence-corrected chi connectivity index (χ1v) is 5.02. The van der Waals surface area contributed by atoms with Gasteiger partial charge in [0, 0.05) is 30.9 Å². The summed E-state index contributed by atoms with van der Waals surface area (Å²) >= 11 is 0. The Morgan fingerprint density at radius 3 is 3.07 bits per heavy atom. The minimum atomic E-state index is -0.157. The number of aromatic nitrogens is 1. The third-order valence-corrected chi connectivity index (χ3v) is 2.79. The van der Waals surface area contributed by atoms with Gasteiger partial charge in [-0.2, -0.15) is 0 Å². The first kappa shape index (κ1) is 10.1. The van der Waals surface area contributed by atoms with Crippen LogP contribution in [0.3, 0.4) is 0 Å². The van der Waals surface area contributed by atoms with Gasteiger partial charge >= 0.3 is 5.97 Å². The molecule has 15 heavy (non-hydrogen) atoms. The second-order valence-electron chi connectivity index (χ2n) is 3.65. The summed E-state index contributed by atoms with van der Waals surface area (Å²) < 4.78 is 4.78. The van der Waals surface area contributed by atoms with Crippen molar-refractivity contribution in [3.8, 4) is 0 Å². The number of hydrogen-bond donors (Lipinski definition) is 1. The number of nitrogens with one attached hydrogen (secondary N) is 1. The van der Waals surface area contributed by atoms with E-state index in [1.165, 1.54) is 7.11 Å². The lowest BCUT2D eigenvalue weighted by Crippen LogP contribution is -2.23. The Bertz CT molecular complexity index is 340. The maximum Gasteiger partial charge on any atom is 0.310 e. The number of carbonyl (C=O) groups excluding carboxylic acids is 1. The van der Waals surface area contributed by atoms with Gasteiger partial charge < -0.3 is 10.1 Å². The molecule has 0 saturated carbocycles. The van der Waals surface area contributed by atoms with Crippen molar-refractivity contribution < 1.29 is 9.53 Å². The summed E-state index contributed by atoms with van der Waals surface area (Å²) in [5.74, 6) is -0.126. The summed E-state index contributed by atoms with van der Waals surface area (Å²) in [4.78, 5) is 15.8. The molecule has 0 aromatic carbocycles. The van der Waals surface area contributed by atoms with E-state index in [1.807, 2.05) is 18.2 Å². The Balaban J connectivity index is 2.18. The molecule has 4 heteroatoms. The van der Waals surface area contributed by atoms with Gasteiger partial charge in [0.15, 0.2) is 0 Å². The van der Waals surface area contributed by atoms with Gasteiger partial charge in [-0.1, -0.05) is 6.07 Å². The lowest BCUT2D eigenvalue weighted by atomic mass is 9.92. The van der Waals surface area contributed by atoms with Gasteiger partial charge in [0.2, 0.25) is 0 Å². The van der Waals surface area contributed by atoms with Crippen LogP contribution in [0.15, 0.2) is 24.4 Å². The molecule has 2 rings (SSSR count). The number of esters is 1. The molecule has 1 saturated heterocycles. The van der Waals surface area contributed by atoms with E-state index in [9.17, 15) is 4.79 Å². The topological polar surface area (TPSA) is 51.2 Å². The summed E-state index contributed by atoms with van der Waals surface area (Å²) in [7, 11) is 1.43. The molecular weight excluding hydrogens is 192 g/mol. The fraction of sp³-hybridized carbons (Fsp3) is 0.455. The molecule has 0 unspecified atom stereocenters. The van der Waals surface area contributed by atoms with Crippen molar-refractivity contribution in [1.82, 2.24) is 10.3 Å². The second kappa shape index (κ2) is 4.40. The number of hydrogen-bond acceptors (Lipinski definition) is 4. The molecular formula is C11H14N2O2. The number of carbonyl (C=O) groups is 1. The highest BCUT2D eigenvalue weighted by molar-refractivity contribution is 5.74. The van der Waals surface area contributed by atoms with Crippen molar-refractivity contribution in [2.45, 2.75) is 5.92 Å². The first-order valence-electron chi connectivity index (χ1n) is 5.02. The van der Waals surface area contributed by atoms with Gasteiger partial charge in [-0.3, -0.25) is 9.78 Å². The van der Waals surface area contributed by atoms with E-state index in [-0.39, 0.29) is 17.8 Å². The lowest BCUT2D eigenvalue weighted by Gasteiger charge is -2.15. The molecule has 1 aliphatic rings. The van der Waals surface area contributed by atoms with Crippen molar-refractivity contribution in [3.63, 3.8) is 0 Å². The molecule has 1 aliphatic heterocycles. The van der Waals surface area contributed by atoms with Crippen LogP contribution in [-0.4, -0.2) is 31.2 Å². The maximum atomic E-state index is 11.5. The molecule has 1 fully saturated rings. The molecule has 0 aliphatic carbocycles. The van der Waals surface area contributed by atoms with Crippen LogP contribution in [0.2, 0.25) is 0 Å². The number of methoxy groups -OCH3 is 1. The Morgan fingerprint density at radius 2 is 2.40 bits per heavy atom. The molecule has 80 valence electrons. The van der Waals surface area contributed by atoms with Crippen molar-refractivity contribution in [1.29, 1.82) is 0 Å². The molecule has 2 heterocycles. The highest BCUT2D eigenvalue weighted by Gasteiger charge is 2.35. The average molecular weight is 206 g/mol. The summed E-state index contributed by atoms with van der Waals surface area (Å²) in [6, 6.07) is 5.77. The summed E-state index contributed by atoms with van der Waals surface area (Å²) in [6.45, 7) is 1.46. The smallest absolute Gasteiger partial charge is 0.310 e. The Kier molecular flexibility index (Phi) is 2.97. The maximum absolute atomic E-state index is 11.5. The fourth-order valence-corrected chi connectivity index (χ4v) is 1.98. The Hall–Kier alpha value is -1.42. The van der Waals surface area contributed by atoms with Crippen LogP contribution >= 0.6 is 0 Å². The van der Waals surface area contributed by atoms with Gasteiger partial charge in [-0.05, 0) is 12.1 Å². The van der Waals surface area contributed by atoms with E-state index < -0.39 is 0 Å². The van der Waals surface area contributed by atoms with Crippen LogP contribution in [0.4, 0.5) is 0 Å². The Morgan fingerprint density at radius 1 is 1.53 bits per heavy atom. The first-order chi connectivity index (χ1) is 7.33. The molecule has 0 amide bonds. The summed E-state index contributed by atoms with van der Waals surface area (Å²) in [5.41, 5.74) is 0.956. The normalized spacial score (nSPS) is 25.1. The third kappa shape index (κ3) is 1.99. The minimum Gasteiger partial charge on any atom is -0.469 e. The lowest BCUT2D eigenvalue weighted by molar-refractivity contribution is -0.145. The van der Waals surface area contributed by atoms with Crippen molar-refractivity contribution in [2.75, 3.05) is 20.2 Å². The predicted molar refractivity (Wildman–Crippen MR) is 55.4 cm³/mol. The van der Waals surface area contributed by atoms with E-state index in [4.69, 9.17) is 4.74 Å². The minimum absolute atomic E-state index is 0.107. The highest BCUT2D eigenvalue weighted by Crippen LogP contribution is 2.27. The van der Waals surface area contributed by atoms with Gasteiger partial charge in [-0.15, -0.1) is 0 Å². The average Bonchev–Trinajstić information content (AvgIpc) is 2.78. The molecule has 4 nitrogen and oxygen atoms in total. The second-order valence-corrected chi connectivity index (χ2v) is 3.65. The Labute approximate surface area is 88.7 Å². The highest BCUT2D eigenvalue weighted by atomic mass is 16.5. The van der Waals surface area contributed by atoms with Crippen LogP contribution in [-0.2, 0) is 9.53 Å². The van der Waals surface area contributed by atoms with Gasteiger partial charge in [0.05, 0.1) is 13.0 Å². The number of ether oxygens (including phenoxy) is 1.